The fraction of sp³-hybridized carbons (Fsp3) is 0.371. The van der Waals surface area contributed by atoms with Crippen LogP contribution in [-0.4, -0.2) is 16.5 Å². The standard InChI is InChI=1S/C13H13N.C13H22OS.C9H9F3/c1-11(12-7-3-2-4-8-12)13-9-5-6-10-14-13;1-6-8-13(15-9-10(3)4)12(7-2)11(5)14;1-2-7-3-5-8(6-4-7)9(10,11)12/h2-11H,1H3;3,6-9H2,1-2,4-5H3;3-6H,2H2,1H3/b;13-12-;. The number of thioether (sulfide) groups is 1. The van der Waals surface area contributed by atoms with Crippen molar-refractivity contribution in [3.05, 3.63) is 124 Å². The first-order chi connectivity index (χ1) is 19.4. The third-order valence-corrected chi connectivity index (χ3v) is 7.64. The zero-order valence-corrected chi connectivity index (χ0v) is 26.0. The molecule has 1 unspecified atom stereocenters. The first kappa shape index (κ1) is 35.9. The Balaban J connectivity index is 0.000000309. The number of aryl methyl sites for hydroxylation is 1. The Labute approximate surface area is 249 Å². The van der Waals surface area contributed by atoms with E-state index >= 15 is 0 Å². The molecule has 3 rings (SSSR count). The number of hydrogen-bond donors (Lipinski definition) is 0. The van der Waals surface area contributed by atoms with Crippen LogP contribution in [0.3, 0.4) is 0 Å². The number of carbonyl (C=O) groups is 1. The van der Waals surface area contributed by atoms with Crippen LogP contribution in [-0.2, 0) is 17.4 Å². The van der Waals surface area contributed by atoms with Gasteiger partial charge in [-0.15, -0.1) is 11.8 Å². The summed E-state index contributed by atoms with van der Waals surface area (Å²) >= 11 is 1.77. The number of allylic oxidation sites excluding steroid dienone is 2. The van der Waals surface area contributed by atoms with E-state index in [9.17, 15) is 18.0 Å². The largest absolute Gasteiger partial charge is 0.416 e. The molecule has 1 heterocycles. The van der Waals surface area contributed by atoms with Gasteiger partial charge in [0.15, 0.2) is 5.78 Å². The lowest BCUT2D eigenvalue weighted by atomic mass is 9.97. The molecule has 0 saturated carbocycles. The maximum absolute atomic E-state index is 12.0. The molecule has 41 heavy (non-hydrogen) atoms. The lowest BCUT2D eigenvalue weighted by Gasteiger charge is -2.11. The van der Waals surface area contributed by atoms with E-state index in [0.29, 0.717) is 5.92 Å². The Morgan fingerprint density at radius 3 is 1.98 bits per heavy atom. The molecule has 222 valence electrons. The lowest BCUT2D eigenvalue weighted by molar-refractivity contribution is -0.137. The van der Waals surface area contributed by atoms with Gasteiger partial charge in [0.05, 0.1) is 5.56 Å². The average Bonchev–Trinajstić information content (AvgIpc) is 2.97. The Kier molecular flexibility index (Phi) is 16.7. The minimum atomic E-state index is -4.22. The topological polar surface area (TPSA) is 30.0 Å². The van der Waals surface area contributed by atoms with Crippen molar-refractivity contribution in [3.8, 4) is 0 Å². The Bertz CT molecular complexity index is 1160. The first-order valence-corrected chi connectivity index (χ1v) is 15.0. The van der Waals surface area contributed by atoms with Crippen molar-refractivity contribution in [2.24, 2.45) is 0 Å². The van der Waals surface area contributed by atoms with Crippen molar-refractivity contribution >= 4 is 17.5 Å². The number of halogens is 3. The molecule has 6 heteroatoms. The molecule has 0 bridgehead atoms. The van der Waals surface area contributed by atoms with E-state index in [0.717, 1.165) is 66.0 Å². The monoisotopic (exact) mass is 583 g/mol. The van der Waals surface area contributed by atoms with Gasteiger partial charge < -0.3 is 0 Å². The van der Waals surface area contributed by atoms with Crippen molar-refractivity contribution < 1.29 is 18.0 Å². The fourth-order valence-electron chi connectivity index (χ4n) is 3.86. The number of hydrogen-bond acceptors (Lipinski definition) is 3. The minimum Gasteiger partial charge on any atom is -0.295 e. The molecule has 2 nitrogen and oxygen atoms in total. The third kappa shape index (κ3) is 13.9. The number of carbonyl (C=O) groups excluding carboxylic acids is 1. The van der Waals surface area contributed by atoms with Gasteiger partial charge in [0.1, 0.15) is 0 Å². The Morgan fingerprint density at radius 2 is 1.54 bits per heavy atom. The van der Waals surface area contributed by atoms with E-state index in [4.69, 9.17) is 0 Å². The molecule has 0 aliphatic carbocycles. The number of aromatic nitrogens is 1. The van der Waals surface area contributed by atoms with Crippen molar-refractivity contribution in [2.75, 3.05) is 5.75 Å². The van der Waals surface area contributed by atoms with Gasteiger partial charge in [0, 0.05) is 29.1 Å². The van der Waals surface area contributed by atoms with Gasteiger partial charge in [-0.2, -0.15) is 13.2 Å². The van der Waals surface area contributed by atoms with Crippen LogP contribution in [0.4, 0.5) is 13.2 Å². The Hall–Kier alpha value is -3.12. The van der Waals surface area contributed by atoms with Crippen molar-refractivity contribution in [1.82, 2.24) is 4.98 Å². The first-order valence-electron chi connectivity index (χ1n) is 14.1. The summed E-state index contributed by atoms with van der Waals surface area (Å²) in [6, 6.07) is 21.7. The summed E-state index contributed by atoms with van der Waals surface area (Å²) in [5, 5.41) is 0. The molecule has 0 aliphatic rings. The van der Waals surface area contributed by atoms with Crippen LogP contribution in [0.2, 0.25) is 0 Å². The fourth-order valence-corrected chi connectivity index (χ4v) is 5.10. The molecule has 1 aromatic heterocycles. The minimum absolute atomic E-state index is 0.218. The highest BCUT2D eigenvalue weighted by molar-refractivity contribution is 8.03. The van der Waals surface area contributed by atoms with Gasteiger partial charge in [-0.1, -0.05) is 94.8 Å². The molecular formula is C35H44F3NOS. The average molecular weight is 584 g/mol. The number of alkyl halides is 3. The maximum Gasteiger partial charge on any atom is 0.416 e. The predicted octanol–water partition coefficient (Wildman–Crippen LogP) is 10.9. The second kappa shape index (κ2) is 19.1. The highest BCUT2D eigenvalue weighted by atomic mass is 32.2. The summed E-state index contributed by atoms with van der Waals surface area (Å²) in [7, 11) is 0. The smallest absolute Gasteiger partial charge is 0.295 e. The number of rotatable bonds is 10. The quantitative estimate of drug-likeness (QED) is 0.176. The van der Waals surface area contributed by atoms with Crippen LogP contribution in [0.15, 0.2) is 102 Å². The molecule has 3 aromatic rings. The molecule has 0 spiro atoms. The Morgan fingerprint density at radius 1 is 0.927 bits per heavy atom. The summed E-state index contributed by atoms with van der Waals surface area (Å²) in [4.78, 5) is 17.1. The molecule has 2 aromatic carbocycles. The summed E-state index contributed by atoms with van der Waals surface area (Å²) < 4.78 is 36.1. The van der Waals surface area contributed by atoms with Crippen LogP contribution >= 0.6 is 11.8 Å². The molecule has 0 fully saturated rings. The van der Waals surface area contributed by atoms with Gasteiger partial charge in [-0.05, 0) is 73.4 Å². The van der Waals surface area contributed by atoms with Crippen molar-refractivity contribution in [2.45, 2.75) is 79.3 Å². The zero-order valence-electron chi connectivity index (χ0n) is 25.2. The third-order valence-electron chi connectivity index (χ3n) is 6.21. The highest BCUT2D eigenvalue weighted by Crippen LogP contribution is 2.29. The molecular weight excluding hydrogens is 539 g/mol. The van der Waals surface area contributed by atoms with Gasteiger partial charge in [-0.3, -0.25) is 9.78 Å². The number of pyridine rings is 1. The SMILES string of the molecule is C=C(C)CS/C(CCC)=C(/CC)C(C)=O.CC(c1ccccc1)c1ccccn1.CCc1ccc(C(F)(F)F)cc1. The van der Waals surface area contributed by atoms with Crippen LogP contribution in [0.1, 0.15) is 89.1 Å². The van der Waals surface area contributed by atoms with E-state index in [-0.39, 0.29) is 5.78 Å². The van der Waals surface area contributed by atoms with Gasteiger partial charge >= 0.3 is 6.18 Å². The summed E-state index contributed by atoms with van der Waals surface area (Å²) in [5.41, 5.74) is 4.93. The van der Waals surface area contributed by atoms with E-state index in [2.05, 4.69) is 55.7 Å². The summed E-state index contributed by atoms with van der Waals surface area (Å²) in [6.45, 7) is 15.9. The second-order valence-electron chi connectivity index (χ2n) is 9.74. The summed E-state index contributed by atoms with van der Waals surface area (Å²) in [6.07, 6.45) is 1.34. The number of ketones is 1. The second-order valence-corrected chi connectivity index (χ2v) is 10.8. The molecule has 0 amide bonds. The number of benzene rings is 2. The normalized spacial score (nSPS) is 12.1. The molecule has 0 N–H and O–H groups in total. The number of Topliss-reactive ketones (excluding diaryl/α,β-unsaturated/α-hetero) is 1. The van der Waals surface area contributed by atoms with Crippen molar-refractivity contribution in [1.29, 1.82) is 0 Å². The van der Waals surface area contributed by atoms with Crippen LogP contribution < -0.4 is 0 Å². The van der Waals surface area contributed by atoms with Gasteiger partial charge in [0.2, 0.25) is 0 Å². The van der Waals surface area contributed by atoms with Crippen LogP contribution in [0, 0.1) is 0 Å². The van der Waals surface area contributed by atoms with Crippen LogP contribution in [0.5, 0.6) is 0 Å². The number of nitrogens with zero attached hydrogens (tertiary/aromatic N) is 1. The maximum atomic E-state index is 12.0. The summed E-state index contributed by atoms with van der Waals surface area (Å²) in [5.74, 6) is 1.51. The molecule has 0 saturated heterocycles. The van der Waals surface area contributed by atoms with Gasteiger partial charge in [0.25, 0.3) is 0 Å². The van der Waals surface area contributed by atoms with E-state index < -0.39 is 11.7 Å². The zero-order chi connectivity index (χ0) is 30.8. The predicted molar refractivity (Wildman–Crippen MR) is 169 cm³/mol. The lowest BCUT2D eigenvalue weighted by Crippen LogP contribution is -2.04. The van der Waals surface area contributed by atoms with E-state index in [1.807, 2.05) is 45.2 Å². The highest BCUT2D eigenvalue weighted by Gasteiger charge is 2.29. The molecule has 1 atom stereocenters. The molecule has 0 radical (unpaired) electrons. The van der Waals surface area contributed by atoms with Crippen molar-refractivity contribution in [3.63, 3.8) is 0 Å². The van der Waals surface area contributed by atoms with Gasteiger partial charge in [-0.25, -0.2) is 0 Å². The molecule has 0 aliphatic heterocycles. The van der Waals surface area contributed by atoms with E-state index in [1.165, 1.54) is 22.6 Å². The van der Waals surface area contributed by atoms with Crippen LogP contribution in [0.25, 0.3) is 0 Å². The van der Waals surface area contributed by atoms with E-state index in [1.54, 1.807) is 18.7 Å².